The number of rotatable bonds is 7. The van der Waals surface area contributed by atoms with E-state index in [0.29, 0.717) is 0 Å². The van der Waals surface area contributed by atoms with Crippen molar-refractivity contribution < 1.29 is 4.74 Å². The van der Waals surface area contributed by atoms with Crippen LogP contribution in [0.2, 0.25) is 5.02 Å². The molecule has 0 aliphatic carbocycles. The first-order valence-corrected chi connectivity index (χ1v) is 11.6. The zero-order chi connectivity index (χ0) is 22.7. The van der Waals surface area contributed by atoms with E-state index >= 15 is 0 Å². The van der Waals surface area contributed by atoms with Crippen LogP contribution in [0.15, 0.2) is 48.5 Å². The number of nitrogens with zero attached hydrogens (tertiary/aromatic N) is 5. The minimum absolute atomic E-state index is 0.107. The largest absolute Gasteiger partial charge is 0.377 e. The number of halogens is 1. The standard InChI is InChI=1S/C25H32ClN5O/c1-18-7-11-20(12-8-18)23(24-27-28-29-31(24)25(2,3)4)30(17-22-6-5-15-32-22)16-19-9-13-21(26)14-10-19/h7-14,22-23H,5-6,15-17H2,1-4H3/t22-,23-/m1/s1. The quantitative estimate of drug-likeness (QED) is 0.494. The van der Waals surface area contributed by atoms with E-state index in [1.54, 1.807) is 0 Å². The summed E-state index contributed by atoms with van der Waals surface area (Å²) < 4.78 is 7.99. The van der Waals surface area contributed by atoms with Crippen molar-refractivity contribution in [2.45, 2.75) is 64.8 Å². The average Bonchev–Trinajstić information content (AvgIpc) is 3.43. The predicted molar refractivity (Wildman–Crippen MR) is 127 cm³/mol. The Hall–Kier alpha value is -2.28. The molecule has 1 aliphatic heterocycles. The minimum Gasteiger partial charge on any atom is -0.377 e. The maximum absolute atomic E-state index is 6.15. The van der Waals surface area contributed by atoms with Gasteiger partial charge in [-0.3, -0.25) is 4.90 Å². The highest BCUT2D eigenvalue weighted by Crippen LogP contribution is 2.32. The first kappa shape index (κ1) is 22.9. The monoisotopic (exact) mass is 453 g/mol. The predicted octanol–water partition coefficient (Wildman–Crippen LogP) is 5.16. The Morgan fingerprint density at radius 1 is 1.12 bits per heavy atom. The van der Waals surface area contributed by atoms with E-state index in [4.69, 9.17) is 16.3 Å². The summed E-state index contributed by atoms with van der Waals surface area (Å²) in [7, 11) is 0. The fourth-order valence-corrected chi connectivity index (χ4v) is 4.38. The van der Waals surface area contributed by atoms with E-state index in [0.717, 1.165) is 43.4 Å². The molecule has 2 heterocycles. The van der Waals surface area contributed by atoms with Crippen LogP contribution in [0, 0.1) is 6.92 Å². The summed E-state index contributed by atoms with van der Waals surface area (Å²) in [5.74, 6) is 0.841. The van der Waals surface area contributed by atoms with E-state index < -0.39 is 0 Å². The Kier molecular flexibility index (Phi) is 6.93. The van der Waals surface area contributed by atoms with Crippen LogP contribution in [0.4, 0.5) is 0 Å². The van der Waals surface area contributed by atoms with E-state index in [9.17, 15) is 0 Å². The molecule has 0 radical (unpaired) electrons. The fraction of sp³-hybridized carbons (Fsp3) is 0.480. The summed E-state index contributed by atoms with van der Waals surface area (Å²) in [4.78, 5) is 2.44. The number of aryl methyl sites for hydroxylation is 1. The van der Waals surface area contributed by atoms with Gasteiger partial charge in [-0.25, -0.2) is 4.68 Å². The molecule has 1 saturated heterocycles. The molecule has 32 heavy (non-hydrogen) atoms. The summed E-state index contributed by atoms with van der Waals surface area (Å²) in [6.07, 6.45) is 2.38. The van der Waals surface area contributed by atoms with Crippen molar-refractivity contribution in [3.8, 4) is 0 Å². The van der Waals surface area contributed by atoms with Crippen molar-refractivity contribution >= 4 is 11.6 Å². The van der Waals surface area contributed by atoms with Crippen molar-refractivity contribution in [1.82, 2.24) is 25.1 Å². The van der Waals surface area contributed by atoms with E-state index in [2.05, 4.69) is 84.5 Å². The SMILES string of the molecule is Cc1ccc([C@H](c2nnnn2C(C)(C)C)N(Cc2ccc(Cl)cc2)C[C@H]2CCCO2)cc1. The molecule has 2 atom stereocenters. The van der Waals surface area contributed by atoms with Crippen molar-refractivity contribution in [2.24, 2.45) is 0 Å². The van der Waals surface area contributed by atoms with E-state index in [1.165, 1.54) is 16.7 Å². The van der Waals surface area contributed by atoms with Gasteiger partial charge >= 0.3 is 0 Å². The van der Waals surface area contributed by atoms with Gasteiger partial charge in [0.2, 0.25) is 0 Å². The molecule has 4 rings (SSSR count). The molecular weight excluding hydrogens is 422 g/mol. The lowest BCUT2D eigenvalue weighted by atomic mass is 9.99. The minimum atomic E-state index is -0.239. The smallest absolute Gasteiger partial charge is 0.173 e. The number of hydrogen-bond donors (Lipinski definition) is 0. The Morgan fingerprint density at radius 2 is 1.84 bits per heavy atom. The van der Waals surface area contributed by atoms with Crippen LogP contribution in [-0.4, -0.2) is 44.4 Å². The molecule has 0 N–H and O–H groups in total. The van der Waals surface area contributed by atoms with Crippen molar-refractivity contribution in [1.29, 1.82) is 0 Å². The second-order valence-electron chi connectivity index (χ2n) is 9.62. The topological polar surface area (TPSA) is 56.1 Å². The molecule has 0 bridgehead atoms. The first-order valence-electron chi connectivity index (χ1n) is 11.3. The number of tetrazole rings is 1. The molecule has 7 heteroatoms. The van der Waals surface area contributed by atoms with Gasteiger partial charge in [0.05, 0.1) is 17.7 Å². The third-order valence-corrected chi connectivity index (χ3v) is 6.14. The molecule has 3 aromatic rings. The zero-order valence-electron chi connectivity index (χ0n) is 19.3. The number of hydrogen-bond acceptors (Lipinski definition) is 5. The van der Waals surface area contributed by atoms with Crippen molar-refractivity contribution in [3.63, 3.8) is 0 Å². The summed E-state index contributed by atoms with van der Waals surface area (Å²) in [6, 6.07) is 16.6. The molecule has 6 nitrogen and oxygen atoms in total. The Morgan fingerprint density at radius 3 is 2.47 bits per heavy atom. The third-order valence-electron chi connectivity index (χ3n) is 5.89. The summed E-state index contributed by atoms with van der Waals surface area (Å²) in [5.41, 5.74) is 3.35. The maximum Gasteiger partial charge on any atom is 0.173 e. The molecule has 2 aromatic carbocycles. The fourth-order valence-electron chi connectivity index (χ4n) is 4.25. The maximum atomic E-state index is 6.15. The highest BCUT2D eigenvalue weighted by molar-refractivity contribution is 6.30. The van der Waals surface area contributed by atoms with Crippen molar-refractivity contribution in [3.05, 3.63) is 76.1 Å². The van der Waals surface area contributed by atoms with E-state index in [-0.39, 0.29) is 17.7 Å². The molecule has 1 fully saturated rings. The van der Waals surface area contributed by atoms with Crippen LogP contribution in [0.25, 0.3) is 0 Å². The van der Waals surface area contributed by atoms with Gasteiger partial charge in [-0.15, -0.1) is 5.10 Å². The van der Waals surface area contributed by atoms with Gasteiger partial charge in [0, 0.05) is 24.7 Å². The van der Waals surface area contributed by atoms with Crippen LogP contribution in [0.5, 0.6) is 0 Å². The van der Waals surface area contributed by atoms with Crippen LogP contribution in [-0.2, 0) is 16.8 Å². The van der Waals surface area contributed by atoms with Crippen LogP contribution < -0.4 is 0 Å². The summed E-state index contributed by atoms with van der Waals surface area (Å²) in [6.45, 7) is 10.9. The van der Waals surface area contributed by atoms with Gasteiger partial charge in [0.15, 0.2) is 5.82 Å². The van der Waals surface area contributed by atoms with Crippen molar-refractivity contribution in [2.75, 3.05) is 13.2 Å². The van der Waals surface area contributed by atoms with Gasteiger partial charge < -0.3 is 4.74 Å². The lowest BCUT2D eigenvalue weighted by molar-refractivity contribution is 0.0566. The molecule has 170 valence electrons. The molecule has 1 aromatic heterocycles. The lowest BCUT2D eigenvalue weighted by Crippen LogP contribution is -2.39. The normalized spacial score (nSPS) is 17.8. The highest BCUT2D eigenvalue weighted by atomic mass is 35.5. The van der Waals surface area contributed by atoms with Gasteiger partial charge in [-0.2, -0.15) is 0 Å². The number of ether oxygens (including phenoxy) is 1. The molecular formula is C25H32ClN5O. The lowest BCUT2D eigenvalue weighted by Gasteiger charge is -2.34. The Balaban J connectivity index is 1.78. The van der Waals surface area contributed by atoms with Gasteiger partial charge in [-0.1, -0.05) is 53.6 Å². The van der Waals surface area contributed by atoms with E-state index in [1.807, 2.05) is 16.8 Å². The first-order chi connectivity index (χ1) is 15.3. The van der Waals surface area contributed by atoms with Crippen LogP contribution in [0.3, 0.4) is 0 Å². The van der Waals surface area contributed by atoms with Crippen LogP contribution in [0.1, 0.15) is 62.2 Å². The molecule has 1 aliphatic rings. The number of benzene rings is 2. The second kappa shape index (κ2) is 9.69. The molecule has 0 spiro atoms. The summed E-state index contributed by atoms with van der Waals surface area (Å²) in [5, 5.41) is 13.7. The molecule has 0 unspecified atom stereocenters. The Labute approximate surface area is 195 Å². The molecule has 0 amide bonds. The van der Waals surface area contributed by atoms with Gasteiger partial charge in [-0.05, 0) is 74.2 Å². The van der Waals surface area contributed by atoms with Gasteiger partial charge in [0.25, 0.3) is 0 Å². The second-order valence-corrected chi connectivity index (χ2v) is 10.1. The number of aromatic nitrogens is 4. The third kappa shape index (κ3) is 5.37. The zero-order valence-corrected chi connectivity index (χ0v) is 20.1. The molecule has 0 saturated carbocycles. The van der Waals surface area contributed by atoms with Gasteiger partial charge in [0.1, 0.15) is 0 Å². The summed E-state index contributed by atoms with van der Waals surface area (Å²) >= 11 is 6.15. The average molecular weight is 454 g/mol. The van der Waals surface area contributed by atoms with Crippen LogP contribution >= 0.6 is 11.6 Å². The highest BCUT2D eigenvalue weighted by Gasteiger charge is 2.33. The Bertz CT molecular complexity index is 1000.